The van der Waals surface area contributed by atoms with Crippen LogP contribution in [0.2, 0.25) is 0 Å². The number of hydrogen-bond acceptors (Lipinski definition) is 15. The van der Waals surface area contributed by atoms with Crippen LogP contribution in [0.3, 0.4) is 0 Å². The zero-order valence-electron chi connectivity index (χ0n) is 35.0. The molecule has 0 fully saturated rings. The van der Waals surface area contributed by atoms with Gasteiger partial charge in [-0.3, -0.25) is 28.2 Å². The first-order chi connectivity index (χ1) is 29.5. The summed E-state index contributed by atoms with van der Waals surface area (Å²) in [4.78, 5) is 16.5. The molecular weight excluding hydrogens is 1010 g/mol. The number of aromatic amines is 2. The zero-order chi connectivity index (χ0) is 45.6. The van der Waals surface area contributed by atoms with Crippen LogP contribution in [0.5, 0.6) is 5.75 Å². The molecule has 1 heterocycles. The van der Waals surface area contributed by atoms with Crippen molar-refractivity contribution < 1.29 is 66.5 Å². The zero-order valence-corrected chi connectivity index (χ0v) is 46.2. The van der Waals surface area contributed by atoms with Crippen molar-refractivity contribution in [3.63, 3.8) is 0 Å². The predicted molar refractivity (Wildman–Crippen MR) is 241 cm³/mol. The fourth-order valence-corrected chi connectivity index (χ4v) is 8.68. The Morgan fingerprint density at radius 2 is 1.24 bits per heavy atom. The molecule has 0 aliphatic heterocycles. The van der Waals surface area contributed by atoms with E-state index in [4.69, 9.17) is 0 Å². The molecule has 6 aromatic carbocycles. The van der Waals surface area contributed by atoms with Crippen molar-refractivity contribution in [2.24, 2.45) is 25.2 Å². The maximum absolute atomic E-state index is 14.8. The Kier molecular flexibility index (Phi) is 19.8. The second-order valence-electron chi connectivity index (χ2n) is 12.8. The Labute approximate surface area is 466 Å². The standard InChI is InChI=1S/C36H25FN8O14S4.4Na/c37-34-41-35(43-36(42-34)40-24-12-10-18-6-4-5-9-23(18)32(24)63(57,58)59)38-21-11-13-27(61(51,52)53)25(16-21)44-45-30-28(62(54,55)56)15-20-14-22(60(48,49)50)17-26(29(20)31(30)46)39-33(47)19-7-2-1-3-8-19;;;;/h1-17,46H,(H,39,47)(H,48,49,50)(H,51,52,53)(H,54,55,56)(H,57,58,59)(H2,38,40,41,42,43);;;;. The van der Waals surface area contributed by atoms with E-state index in [1.54, 1.807) is 18.2 Å². The molecule has 4 radical (unpaired) electrons. The van der Waals surface area contributed by atoms with E-state index in [1.807, 2.05) is 0 Å². The van der Waals surface area contributed by atoms with Gasteiger partial charge in [0.25, 0.3) is 46.6 Å². The number of phenolic OH excluding ortho intramolecular Hbond substituents is 1. The Morgan fingerprint density at radius 3 is 1.87 bits per heavy atom. The molecule has 0 unspecified atom stereocenters. The number of aromatic nitrogens is 3. The number of fused-ring (bicyclic) bond motifs is 2. The molecule has 0 aliphatic carbocycles. The molecule has 1 aromatic heterocycles. The van der Waals surface area contributed by atoms with Crippen LogP contribution >= 0.6 is 0 Å². The third-order valence-corrected chi connectivity index (χ3v) is 12.2. The van der Waals surface area contributed by atoms with Crippen molar-refractivity contribution in [3.8, 4) is 5.75 Å². The second kappa shape index (κ2) is 22.8. The minimum absolute atomic E-state index is 0. The first-order valence-corrected chi connectivity index (χ1v) is 22.8. The number of hydrogen-bond donors (Lipinski definition) is 8. The summed E-state index contributed by atoms with van der Waals surface area (Å²) in [5.41, 5.74) is -4.17. The minimum atomic E-state index is -5.42. The van der Waals surface area contributed by atoms with Crippen molar-refractivity contribution >= 4 is 215 Å². The van der Waals surface area contributed by atoms with Gasteiger partial charge in [-0.15, -0.1) is 10.2 Å². The van der Waals surface area contributed by atoms with E-state index in [-0.39, 0.29) is 141 Å². The molecule has 7 aromatic rings. The average molecular weight is 1030 g/mol. The number of nitrogens with one attached hydrogen (secondary N) is 2. The molecule has 31 heteroatoms. The van der Waals surface area contributed by atoms with E-state index in [1.165, 1.54) is 48.5 Å². The molecule has 0 spiro atoms. The van der Waals surface area contributed by atoms with Gasteiger partial charge in [0.2, 0.25) is 17.1 Å². The van der Waals surface area contributed by atoms with Crippen molar-refractivity contribution in [3.05, 3.63) is 126 Å². The summed E-state index contributed by atoms with van der Waals surface area (Å²) in [6.07, 6.45) is -1.33. The monoisotopic (exact) mass is 1030 g/mol. The van der Waals surface area contributed by atoms with E-state index in [0.29, 0.717) is 23.6 Å². The van der Waals surface area contributed by atoms with Gasteiger partial charge >= 0.3 is 0 Å². The van der Waals surface area contributed by atoms with Crippen molar-refractivity contribution in [1.29, 1.82) is 0 Å². The van der Waals surface area contributed by atoms with Gasteiger partial charge in [-0.25, -0.2) is 15.0 Å². The van der Waals surface area contributed by atoms with Crippen LogP contribution in [0.4, 0.5) is 32.8 Å². The number of azo groups is 1. The molecular formula is C36H25FN8Na4O14S4. The summed E-state index contributed by atoms with van der Waals surface area (Å²) in [6, 6.07) is 20.8. The van der Waals surface area contributed by atoms with Gasteiger partial charge in [-0.1, -0.05) is 48.5 Å². The largest absolute Gasteiger partial charge is 0.505 e. The number of aliphatic hydroxyl groups is 1. The predicted octanol–water partition coefficient (Wildman–Crippen LogP) is 3.87. The van der Waals surface area contributed by atoms with Crippen LogP contribution in [-0.4, -0.2) is 201 Å². The third-order valence-electron chi connectivity index (χ3n) is 8.65. The van der Waals surface area contributed by atoms with Gasteiger partial charge in [-0.2, -0.15) is 43.0 Å². The Bertz CT molecular complexity index is 3750. The van der Waals surface area contributed by atoms with E-state index in [9.17, 15) is 66.5 Å². The normalized spacial score (nSPS) is 12.9. The van der Waals surface area contributed by atoms with Gasteiger partial charge in [-0.05, 0) is 65.4 Å². The first kappa shape index (κ1) is 58.2. The smallest absolute Gasteiger partial charge is 0.297 e. The molecule has 0 saturated carbocycles. The van der Waals surface area contributed by atoms with E-state index in [2.05, 4.69) is 40.2 Å². The van der Waals surface area contributed by atoms with Crippen molar-refractivity contribution in [2.75, 3.05) is 0 Å². The van der Waals surface area contributed by atoms with Gasteiger partial charge in [0, 0.05) is 129 Å². The molecule has 0 bridgehead atoms. The number of rotatable bonds is 10. The number of aliphatic hydroxyl groups excluding tert-OH is 1. The summed E-state index contributed by atoms with van der Waals surface area (Å²) < 4.78 is 154. The Hall–Kier alpha value is -3.11. The van der Waals surface area contributed by atoms with E-state index < -0.39 is 117 Å². The van der Waals surface area contributed by atoms with E-state index >= 15 is 0 Å². The van der Waals surface area contributed by atoms with E-state index in [0.717, 1.165) is 18.2 Å². The van der Waals surface area contributed by atoms with Crippen LogP contribution in [-0.2, 0) is 40.5 Å². The minimum Gasteiger partial charge on any atom is -0.505 e. The fourth-order valence-electron chi connectivity index (χ4n) is 6.04. The summed E-state index contributed by atoms with van der Waals surface area (Å²) in [7, 11) is -20.6. The number of aliphatic imine (C=N–C) groups is 1. The topological polar surface area (TPSA) is 364 Å². The average Bonchev–Trinajstić information content (AvgIpc) is 3.18. The summed E-state index contributed by atoms with van der Waals surface area (Å²) in [5, 5.41) is 29.1. The third kappa shape index (κ3) is 13.6. The number of nitrogens with zero attached hydrogens (tertiary/aromatic N) is 6. The number of phenols is 1. The maximum atomic E-state index is 14.8. The van der Waals surface area contributed by atoms with Crippen molar-refractivity contribution in [1.82, 2.24) is 15.0 Å². The molecule has 0 amide bonds. The molecule has 0 atom stereocenters. The molecule has 0 aliphatic rings. The van der Waals surface area contributed by atoms with Crippen LogP contribution < -0.4 is 11.2 Å². The van der Waals surface area contributed by atoms with Gasteiger partial charge < -0.3 is 10.2 Å². The summed E-state index contributed by atoms with van der Waals surface area (Å²) >= 11 is 0. The summed E-state index contributed by atoms with van der Waals surface area (Å²) in [6.45, 7) is 0. The fraction of sp³-hybridized carbons (Fsp3) is 0. The van der Waals surface area contributed by atoms with Crippen LogP contribution in [0.25, 0.3) is 21.5 Å². The molecule has 22 nitrogen and oxygen atoms in total. The number of benzene rings is 6. The van der Waals surface area contributed by atoms with Gasteiger partial charge in [0.15, 0.2) is 5.75 Å². The second-order valence-corrected chi connectivity index (χ2v) is 18.4. The molecule has 0 saturated heterocycles. The van der Waals surface area contributed by atoms with Crippen LogP contribution in [0.1, 0.15) is 5.56 Å². The maximum Gasteiger partial charge on any atom is 0.297 e. The SMILES string of the molecule is O=S(=O)(O)c1cc(N=C(O)c2ccccc2)c2c(O)c(N=Nc3cc(N=c4nc(F)[nH]c(=Nc5ccc6ccccc6c5S(=O)(=O)O)[nH]4)ccc3S(=O)(=O)O)c(S(=O)(=O)O)cc2c1.[Na].[Na].[Na].[Na]. The molecule has 328 valence electrons. The molecule has 7 rings (SSSR count). The van der Waals surface area contributed by atoms with Gasteiger partial charge in [0.1, 0.15) is 26.1 Å². The van der Waals surface area contributed by atoms with Crippen LogP contribution in [0, 0.1) is 6.08 Å². The molecule has 8 N–H and O–H groups in total. The Balaban J connectivity index is 0.00000298. The van der Waals surface area contributed by atoms with Crippen molar-refractivity contribution in [2.45, 2.75) is 19.6 Å². The number of halogens is 1. The first-order valence-electron chi connectivity index (χ1n) is 17.1. The quantitative estimate of drug-likeness (QED) is 0.0317. The van der Waals surface area contributed by atoms with Crippen LogP contribution in [0.15, 0.2) is 148 Å². The molecule has 67 heavy (non-hydrogen) atoms. The number of H-pyrrole nitrogens is 2. The summed E-state index contributed by atoms with van der Waals surface area (Å²) in [5.74, 6) is -1.93. The van der Waals surface area contributed by atoms with Gasteiger partial charge in [0.05, 0.1) is 27.3 Å². The Morgan fingerprint density at radius 1 is 0.597 bits per heavy atom. The number of aromatic hydroxyl groups is 1.